The number of hydrogen-bond acceptors (Lipinski definition) is 7. The minimum absolute atomic E-state index is 0.208. The largest absolute Gasteiger partial charge is 0.378 e. The van der Waals surface area contributed by atoms with E-state index in [1.54, 1.807) is 12.3 Å². The van der Waals surface area contributed by atoms with Gasteiger partial charge in [0.1, 0.15) is 5.82 Å². The predicted octanol–water partition coefficient (Wildman–Crippen LogP) is 1.95. The summed E-state index contributed by atoms with van der Waals surface area (Å²) in [6.07, 6.45) is 5.45. The first kappa shape index (κ1) is 17.9. The van der Waals surface area contributed by atoms with E-state index < -0.39 is 0 Å². The highest BCUT2D eigenvalue weighted by Gasteiger charge is 2.27. The molecule has 4 heterocycles. The molecule has 2 aliphatic rings. The summed E-state index contributed by atoms with van der Waals surface area (Å²) in [7, 11) is 2.02. The Morgan fingerprint density at radius 2 is 1.96 bits per heavy atom. The van der Waals surface area contributed by atoms with E-state index >= 15 is 0 Å². The molecule has 2 fully saturated rings. The zero-order valence-electron chi connectivity index (χ0n) is 15.6. The van der Waals surface area contributed by atoms with Gasteiger partial charge in [-0.3, -0.25) is 0 Å². The zero-order valence-corrected chi connectivity index (χ0v) is 15.6. The molecule has 0 N–H and O–H groups in total. The average molecular weight is 372 g/mol. The number of pyridine rings is 1. The van der Waals surface area contributed by atoms with Gasteiger partial charge in [0.25, 0.3) is 0 Å². The molecule has 0 saturated carbocycles. The molecule has 4 rings (SSSR count). The molecule has 1 atom stereocenters. The van der Waals surface area contributed by atoms with Crippen LogP contribution in [-0.4, -0.2) is 67.4 Å². The third-order valence-electron chi connectivity index (χ3n) is 5.26. The lowest BCUT2D eigenvalue weighted by Crippen LogP contribution is -2.48. The van der Waals surface area contributed by atoms with E-state index in [2.05, 4.69) is 19.8 Å². The van der Waals surface area contributed by atoms with Crippen molar-refractivity contribution < 1.29 is 9.13 Å². The third-order valence-corrected chi connectivity index (χ3v) is 5.26. The van der Waals surface area contributed by atoms with Gasteiger partial charge in [-0.25, -0.2) is 14.4 Å². The van der Waals surface area contributed by atoms with E-state index in [-0.39, 0.29) is 11.9 Å². The molecule has 0 aliphatic carbocycles. The second kappa shape index (κ2) is 8.04. The Bertz CT molecular complexity index is 769. The summed E-state index contributed by atoms with van der Waals surface area (Å²) >= 11 is 0. The maximum absolute atomic E-state index is 14.1. The number of hydrogen-bond donors (Lipinski definition) is 0. The van der Waals surface area contributed by atoms with Crippen LogP contribution >= 0.6 is 0 Å². The quantitative estimate of drug-likeness (QED) is 0.813. The minimum Gasteiger partial charge on any atom is -0.378 e. The number of halogens is 1. The molecule has 2 aromatic rings. The fourth-order valence-electron chi connectivity index (χ4n) is 3.71. The number of aromatic nitrogens is 3. The van der Waals surface area contributed by atoms with Crippen molar-refractivity contribution in [3.8, 4) is 0 Å². The molecule has 2 aliphatic heterocycles. The van der Waals surface area contributed by atoms with Gasteiger partial charge in [0.05, 0.1) is 13.2 Å². The molecule has 0 spiro atoms. The fourth-order valence-corrected chi connectivity index (χ4v) is 3.71. The van der Waals surface area contributed by atoms with Crippen molar-refractivity contribution in [1.82, 2.24) is 15.0 Å². The third kappa shape index (κ3) is 3.95. The van der Waals surface area contributed by atoms with Crippen LogP contribution in [0.25, 0.3) is 0 Å². The second-order valence-corrected chi connectivity index (χ2v) is 6.98. The average Bonchev–Trinajstić information content (AvgIpc) is 2.74. The van der Waals surface area contributed by atoms with E-state index in [0.29, 0.717) is 18.3 Å². The molecular formula is C19H25FN6O. The lowest BCUT2D eigenvalue weighted by molar-refractivity contribution is 0.122. The lowest BCUT2D eigenvalue weighted by atomic mass is 10.0. The van der Waals surface area contributed by atoms with Crippen molar-refractivity contribution in [2.75, 3.05) is 61.1 Å². The first-order valence-electron chi connectivity index (χ1n) is 9.46. The molecule has 0 aromatic carbocycles. The van der Waals surface area contributed by atoms with Crippen LogP contribution in [0.2, 0.25) is 0 Å². The maximum atomic E-state index is 14.1. The summed E-state index contributed by atoms with van der Waals surface area (Å²) in [5.41, 5.74) is 0. The summed E-state index contributed by atoms with van der Waals surface area (Å²) in [6.45, 7) is 4.65. The van der Waals surface area contributed by atoms with Gasteiger partial charge >= 0.3 is 0 Å². The topological polar surface area (TPSA) is 57.6 Å². The molecule has 0 amide bonds. The van der Waals surface area contributed by atoms with Gasteiger partial charge in [0.2, 0.25) is 5.95 Å². The van der Waals surface area contributed by atoms with Crippen LogP contribution in [0.15, 0.2) is 30.6 Å². The first-order chi connectivity index (χ1) is 13.2. The number of rotatable bonds is 4. The van der Waals surface area contributed by atoms with Crippen LogP contribution < -0.4 is 14.7 Å². The van der Waals surface area contributed by atoms with Crippen molar-refractivity contribution in [2.45, 2.75) is 18.9 Å². The van der Waals surface area contributed by atoms with Crippen LogP contribution in [0.1, 0.15) is 12.8 Å². The van der Waals surface area contributed by atoms with Crippen LogP contribution in [0.5, 0.6) is 0 Å². The monoisotopic (exact) mass is 372 g/mol. The van der Waals surface area contributed by atoms with E-state index in [9.17, 15) is 4.39 Å². The van der Waals surface area contributed by atoms with Crippen molar-refractivity contribution in [1.29, 1.82) is 0 Å². The zero-order chi connectivity index (χ0) is 18.6. The molecule has 8 heteroatoms. The smallest absolute Gasteiger partial charge is 0.227 e. The Hall–Kier alpha value is -2.48. The summed E-state index contributed by atoms with van der Waals surface area (Å²) in [4.78, 5) is 19.8. The number of likely N-dealkylation sites (N-methyl/N-ethyl adjacent to an activating group) is 1. The van der Waals surface area contributed by atoms with Gasteiger partial charge in [-0.15, -0.1) is 0 Å². The minimum atomic E-state index is -0.272. The molecule has 0 bridgehead atoms. The van der Waals surface area contributed by atoms with E-state index in [4.69, 9.17) is 9.72 Å². The van der Waals surface area contributed by atoms with Crippen LogP contribution in [-0.2, 0) is 4.74 Å². The number of nitrogens with zero attached hydrogens (tertiary/aromatic N) is 6. The Morgan fingerprint density at radius 3 is 2.78 bits per heavy atom. The Kier molecular flexibility index (Phi) is 5.33. The normalized spacial score (nSPS) is 20.6. The van der Waals surface area contributed by atoms with Crippen molar-refractivity contribution >= 4 is 17.6 Å². The number of morpholine rings is 1. The molecule has 1 unspecified atom stereocenters. The van der Waals surface area contributed by atoms with Gasteiger partial charge in [0.15, 0.2) is 11.6 Å². The van der Waals surface area contributed by atoms with Gasteiger partial charge in [-0.05, 0) is 31.0 Å². The van der Waals surface area contributed by atoms with Gasteiger partial charge in [0, 0.05) is 51.7 Å². The molecule has 7 nitrogen and oxygen atoms in total. The fraction of sp³-hybridized carbons (Fsp3) is 0.526. The Balaban J connectivity index is 1.49. The highest BCUT2D eigenvalue weighted by Crippen LogP contribution is 2.25. The molecule has 2 aromatic heterocycles. The SMILES string of the molecule is CN(c1nccc(N2CCOCC2)n1)C1CCCN(c2ncccc2F)C1. The first-order valence-corrected chi connectivity index (χ1v) is 9.46. The standard InChI is InChI=1S/C19H25FN6O/c1-24(19-22-8-6-17(23-19)25-10-12-27-13-11-25)15-4-3-9-26(14-15)18-16(20)5-2-7-21-18/h2,5-8,15H,3-4,9-14H2,1H3. The molecule has 0 radical (unpaired) electrons. The van der Waals surface area contributed by atoms with Gasteiger partial charge < -0.3 is 19.4 Å². The Labute approximate surface area is 158 Å². The molecule has 2 saturated heterocycles. The van der Waals surface area contributed by atoms with Crippen molar-refractivity contribution in [2.24, 2.45) is 0 Å². The van der Waals surface area contributed by atoms with E-state index in [1.807, 2.05) is 24.2 Å². The lowest BCUT2D eigenvalue weighted by Gasteiger charge is -2.38. The summed E-state index contributed by atoms with van der Waals surface area (Å²) in [6, 6.07) is 5.24. The van der Waals surface area contributed by atoms with Crippen molar-refractivity contribution in [3.05, 3.63) is 36.4 Å². The number of anilines is 3. The van der Waals surface area contributed by atoms with Crippen LogP contribution in [0.3, 0.4) is 0 Å². The van der Waals surface area contributed by atoms with Gasteiger partial charge in [-0.2, -0.15) is 4.98 Å². The van der Waals surface area contributed by atoms with Gasteiger partial charge in [-0.1, -0.05) is 0 Å². The predicted molar refractivity (Wildman–Crippen MR) is 103 cm³/mol. The highest BCUT2D eigenvalue weighted by atomic mass is 19.1. The molecule has 144 valence electrons. The van der Waals surface area contributed by atoms with Crippen molar-refractivity contribution in [3.63, 3.8) is 0 Å². The second-order valence-electron chi connectivity index (χ2n) is 6.98. The summed E-state index contributed by atoms with van der Waals surface area (Å²) in [5.74, 6) is 1.79. The maximum Gasteiger partial charge on any atom is 0.227 e. The number of piperidine rings is 1. The summed E-state index contributed by atoms with van der Waals surface area (Å²) < 4.78 is 19.5. The van der Waals surface area contributed by atoms with E-state index in [1.165, 1.54) is 6.07 Å². The molecular weight excluding hydrogens is 347 g/mol. The Morgan fingerprint density at radius 1 is 1.11 bits per heavy atom. The summed E-state index contributed by atoms with van der Waals surface area (Å²) in [5, 5.41) is 0. The highest BCUT2D eigenvalue weighted by molar-refractivity contribution is 5.46. The van der Waals surface area contributed by atoms with Crippen LogP contribution in [0.4, 0.5) is 22.0 Å². The number of ether oxygens (including phenoxy) is 1. The van der Waals surface area contributed by atoms with E-state index in [0.717, 1.165) is 51.5 Å². The van der Waals surface area contributed by atoms with Crippen LogP contribution in [0, 0.1) is 5.82 Å². The molecule has 27 heavy (non-hydrogen) atoms.